The Balaban J connectivity index is 2.24. The van der Waals surface area contributed by atoms with Crippen molar-refractivity contribution in [2.45, 2.75) is 6.61 Å². The van der Waals surface area contributed by atoms with Crippen LogP contribution in [-0.2, 0) is 0 Å². The van der Waals surface area contributed by atoms with Crippen LogP contribution in [0.15, 0.2) is 36.4 Å². The highest BCUT2D eigenvalue weighted by Crippen LogP contribution is 2.30. The zero-order chi connectivity index (χ0) is 17.0. The molecule has 0 saturated heterocycles. The van der Waals surface area contributed by atoms with Gasteiger partial charge in [0.15, 0.2) is 17.3 Å². The average molecular weight is 346 g/mol. The molecule has 0 bridgehead atoms. The molecule has 23 heavy (non-hydrogen) atoms. The van der Waals surface area contributed by atoms with Gasteiger partial charge in [0.25, 0.3) is 5.91 Å². The number of carbonyl (C=O) groups is 1. The molecular weight excluding hydrogens is 335 g/mol. The lowest BCUT2D eigenvalue weighted by Crippen LogP contribution is -2.13. The SMILES string of the molecule is COc1cc(C(=O)Nc2cccc(Cl)c2F)ccc1OC(F)F. The first-order valence-electron chi connectivity index (χ1n) is 6.30. The summed E-state index contributed by atoms with van der Waals surface area (Å²) in [5, 5.41) is 2.20. The van der Waals surface area contributed by atoms with Gasteiger partial charge in [0.2, 0.25) is 0 Å². The van der Waals surface area contributed by atoms with Crippen LogP contribution in [0.25, 0.3) is 0 Å². The monoisotopic (exact) mass is 345 g/mol. The largest absolute Gasteiger partial charge is 0.493 e. The van der Waals surface area contributed by atoms with Gasteiger partial charge in [0.1, 0.15) is 0 Å². The highest BCUT2D eigenvalue weighted by Gasteiger charge is 2.16. The van der Waals surface area contributed by atoms with E-state index in [-0.39, 0.29) is 27.8 Å². The Kier molecular flexibility index (Phi) is 5.33. The number of alkyl halides is 2. The molecule has 8 heteroatoms. The summed E-state index contributed by atoms with van der Waals surface area (Å²) in [6.07, 6.45) is 0. The number of methoxy groups -OCH3 is 1. The molecule has 0 saturated carbocycles. The lowest BCUT2D eigenvalue weighted by atomic mass is 10.2. The molecule has 0 aliphatic rings. The first-order valence-corrected chi connectivity index (χ1v) is 6.68. The number of benzene rings is 2. The van der Waals surface area contributed by atoms with Gasteiger partial charge in [-0.05, 0) is 30.3 Å². The fourth-order valence-electron chi connectivity index (χ4n) is 1.80. The number of nitrogens with one attached hydrogen (secondary N) is 1. The Hall–Kier alpha value is -2.41. The van der Waals surface area contributed by atoms with Crippen molar-refractivity contribution in [3.63, 3.8) is 0 Å². The number of rotatable bonds is 5. The van der Waals surface area contributed by atoms with Crippen LogP contribution in [0.1, 0.15) is 10.4 Å². The summed E-state index contributed by atoms with van der Waals surface area (Å²) in [4.78, 5) is 12.1. The highest BCUT2D eigenvalue weighted by atomic mass is 35.5. The van der Waals surface area contributed by atoms with Gasteiger partial charge in [-0.2, -0.15) is 8.78 Å². The van der Waals surface area contributed by atoms with Crippen LogP contribution in [0.4, 0.5) is 18.9 Å². The second-order valence-electron chi connectivity index (χ2n) is 4.30. The van der Waals surface area contributed by atoms with E-state index in [4.69, 9.17) is 16.3 Å². The van der Waals surface area contributed by atoms with Crippen LogP contribution < -0.4 is 14.8 Å². The molecule has 0 spiro atoms. The van der Waals surface area contributed by atoms with Crippen LogP contribution in [0.5, 0.6) is 11.5 Å². The summed E-state index contributed by atoms with van der Waals surface area (Å²) in [7, 11) is 1.24. The van der Waals surface area contributed by atoms with Crippen molar-refractivity contribution in [2.75, 3.05) is 12.4 Å². The van der Waals surface area contributed by atoms with Crippen molar-refractivity contribution in [1.82, 2.24) is 0 Å². The van der Waals surface area contributed by atoms with Crippen LogP contribution in [0, 0.1) is 5.82 Å². The van der Waals surface area contributed by atoms with Crippen molar-refractivity contribution >= 4 is 23.2 Å². The maximum Gasteiger partial charge on any atom is 0.387 e. The molecule has 0 radical (unpaired) electrons. The Morgan fingerprint density at radius 1 is 1.22 bits per heavy atom. The van der Waals surface area contributed by atoms with E-state index in [1.165, 1.54) is 37.4 Å². The van der Waals surface area contributed by atoms with E-state index in [1.54, 1.807) is 0 Å². The van der Waals surface area contributed by atoms with Crippen LogP contribution in [0.3, 0.4) is 0 Å². The Morgan fingerprint density at radius 2 is 1.96 bits per heavy atom. The maximum absolute atomic E-state index is 13.8. The third-order valence-electron chi connectivity index (χ3n) is 2.84. The average Bonchev–Trinajstić information content (AvgIpc) is 2.51. The summed E-state index contributed by atoms with van der Waals surface area (Å²) in [5.74, 6) is -1.70. The number of anilines is 1. The molecule has 2 aromatic carbocycles. The lowest BCUT2D eigenvalue weighted by Gasteiger charge is -2.12. The van der Waals surface area contributed by atoms with Gasteiger partial charge in [-0.25, -0.2) is 4.39 Å². The van der Waals surface area contributed by atoms with Crippen molar-refractivity contribution in [3.8, 4) is 11.5 Å². The summed E-state index contributed by atoms with van der Waals surface area (Å²) in [5.41, 5.74) is -0.0304. The van der Waals surface area contributed by atoms with Gasteiger partial charge in [-0.3, -0.25) is 4.79 Å². The van der Waals surface area contributed by atoms with E-state index < -0.39 is 18.3 Å². The maximum atomic E-state index is 13.8. The molecule has 0 aromatic heterocycles. The zero-order valence-electron chi connectivity index (χ0n) is 11.8. The minimum atomic E-state index is -3.02. The fourth-order valence-corrected chi connectivity index (χ4v) is 1.97. The van der Waals surface area contributed by atoms with E-state index in [0.29, 0.717) is 0 Å². The van der Waals surface area contributed by atoms with E-state index >= 15 is 0 Å². The van der Waals surface area contributed by atoms with Crippen LogP contribution >= 0.6 is 11.6 Å². The number of halogens is 4. The predicted octanol–water partition coefficient (Wildman–Crippen LogP) is 4.34. The molecule has 2 rings (SSSR count). The summed E-state index contributed by atoms with van der Waals surface area (Å²) in [6.45, 7) is -3.02. The first-order chi connectivity index (χ1) is 10.9. The van der Waals surface area contributed by atoms with E-state index in [0.717, 1.165) is 6.07 Å². The molecule has 4 nitrogen and oxygen atoms in total. The molecule has 0 atom stereocenters. The quantitative estimate of drug-likeness (QED) is 0.876. The second-order valence-corrected chi connectivity index (χ2v) is 4.71. The van der Waals surface area contributed by atoms with Crippen molar-refractivity contribution < 1.29 is 27.4 Å². The van der Waals surface area contributed by atoms with E-state index in [2.05, 4.69) is 10.1 Å². The molecule has 1 N–H and O–H groups in total. The molecular formula is C15H11ClF3NO3. The second kappa shape index (κ2) is 7.23. The van der Waals surface area contributed by atoms with Gasteiger partial charge in [0.05, 0.1) is 17.8 Å². The molecule has 0 fully saturated rings. The lowest BCUT2D eigenvalue weighted by molar-refractivity contribution is -0.0512. The minimum Gasteiger partial charge on any atom is -0.493 e. The molecule has 122 valence electrons. The molecule has 0 aliphatic heterocycles. The Morgan fingerprint density at radius 3 is 2.61 bits per heavy atom. The van der Waals surface area contributed by atoms with Crippen LogP contribution in [-0.4, -0.2) is 19.6 Å². The van der Waals surface area contributed by atoms with E-state index in [9.17, 15) is 18.0 Å². The fraction of sp³-hybridized carbons (Fsp3) is 0.133. The standard InChI is InChI=1S/C15H11ClF3NO3/c1-22-12-7-8(5-6-11(12)23-15(18)19)14(21)20-10-4-2-3-9(16)13(10)17/h2-7,15H,1H3,(H,20,21). The molecule has 1 amide bonds. The van der Waals surface area contributed by atoms with Crippen molar-refractivity contribution in [2.24, 2.45) is 0 Å². The summed E-state index contributed by atoms with van der Waals surface area (Å²) in [6, 6.07) is 7.76. The summed E-state index contributed by atoms with van der Waals surface area (Å²) >= 11 is 5.63. The molecule has 0 heterocycles. The first kappa shape index (κ1) is 17.0. The third kappa shape index (κ3) is 4.07. The number of amides is 1. The minimum absolute atomic E-state index is 0.0514. The Bertz CT molecular complexity index is 725. The molecule has 2 aromatic rings. The van der Waals surface area contributed by atoms with Gasteiger partial charge in [-0.1, -0.05) is 17.7 Å². The highest BCUT2D eigenvalue weighted by molar-refractivity contribution is 6.31. The predicted molar refractivity (Wildman–Crippen MR) is 79.0 cm³/mol. The number of hydrogen-bond donors (Lipinski definition) is 1. The topological polar surface area (TPSA) is 47.6 Å². The number of hydrogen-bond acceptors (Lipinski definition) is 3. The van der Waals surface area contributed by atoms with E-state index in [1.807, 2.05) is 0 Å². The summed E-state index contributed by atoms with van der Waals surface area (Å²) < 4.78 is 47.4. The number of ether oxygens (including phenoxy) is 2. The van der Waals surface area contributed by atoms with Crippen molar-refractivity contribution in [3.05, 3.63) is 52.8 Å². The van der Waals surface area contributed by atoms with Gasteiger partial charge < -0.3 is 14.8 Å². The van der Waals surface area contributed by atoms with Gasteiger partial charge in [-0.15, -0.1) is 0 Å². The smallest absolute Gasteiger partial charge is 0.387 e. The zero-order valence-corrected chi connectivity index (χ0v) is 12.5. The van der Waals surface area contributed by atoms with Gasteiger partial charge in [0, 0.05) is 5.56 Å². The molecule has 0 unspecified atom stereocenters. The van der Waals surface area contributed by atoms with Gasteiger partial charge >= 0.3 is 6.61 Å². The third-order valence-corrected chi connectivity index (χ3v) is 3.13. The molecule has 0 aliphatic carbocycles. The van der Waals surface area contributed by atoms with Crippen molar-refractivity contribution in [1.29, 1.82) is 0 Å². The Labute approximate surface area is 134 Å². The normalized spacial score (nSPS) is 10.5. The number of carbonyl (C=O) groups excluding carboxylic acids is 1. The van der Waals surface area contributed by atoms with Crippen LogP contribution in [0.2, 0.25) is 5.02 Å².